The predicted octanol–water partition coefficient (Wildman–Crippen LogP) is 0.588. The van der Waals surface area contributed by atoms with E-state index in [0.29, 0.717) is 17.3 Å². The third-order valence-corrected chi connectivity index (χ3v) is 3.95. The number of hydrogen-bond acceptors (Lipinski definition) is 4. The van der Waals surface area contributed by atoms with Gasteiger partial charge in [-0.3, -0.25) is 4.68 Å². The van der Waals surface area contributed by atoms with Gasteiger partial charge in [-0.2, -0.15) is 5.10 Å². The van der Waals surface area contributed by atoms with Gasteiger partial charge in [-0.05, 0) is 33.0 Å². The van der Waals surface area contributed by atoms with E-state index in [2.05, 4.69) is 32.9 Å². The second kappa shape index (κ2) is 5.29. The lowest BCUT2D eigenvalue weighted by Gasteiger charge is -2.28. The summed E-state index contributed by atoms with van der Waals surface area (Å²) in [6.07, 6.45) is 7.95. The number of nitrogens with zero attached hydrogens (tertiary/aromatic N) is 4. The van der Waals surface area contributed by atoms with Gasteiger partial charge in [0.15, 0.2) is 0 Å². The molecular formula is C14H18BN5. The molecule has 1 saturated heterocycles. The van der Waals surface area contributed by atoms with Crippen LogP contribution in [0.25, 0.3) is 11.1 Å². The van der Waals surface area contributed by atoms with Crippen LogP contribution in [0.2, 0.25) is 0 Å². The number of nitrogens with two attached hydrogens (primary N) is 1. The first-order valence-corrected chi connectivity index (χ1v) is 6.87. The van der Waals surface area contributed by atoms with E-state index in [4.69, 9.17) is 13.6 Å². The van der Waals surface area contributed by atoms with Crippen molar-refractivity contribution in [1.82, 2.24) is 19.7 Å². The number of pyridine rings is 1. The van der Waals surface area contributed by atoms with E-state index in [9.17, 15) is 0 Å². The number of nitrogen functional groups attached to an aromatic ring is 1. The van der Waals surface area contributed by atoms with Gasteiger partial charge < -0.3 is 10.6 Å². The van der Waals surface area contributed by atoms with E-state index in [1.807, 2.05) is 12.3 Å². The summed E-state index contributed by atoms with van der Waals surface area (Å²) in [5.74, 6) is 0.372. The molecule has 1 aliphatic rings. The van der Waals surface area contributed by atoms with Crippen LogP contribution in [0.15, 0.2) is 24.7 Å². The van der Waals surface area contributed by atoms with Crippen LogP contribution < -0.4 is 11.2 Å². The minimum absolute atomic E-state index is 0.372. The van der Waals surface area contributed by atoms with Crippen molar-refractivity contribution in [3.8, 4) is 11.1 Å². The minimum Gasteiger partial charge on any atom is -0.384 e. The summed E-state index contributed by atoms with van der Waals surface area (Å²) in [5, 5.41) is 4.49. The monoisotopic (exact) mass is 267 g/mol. The Hall–Kier alpha value is -1.82. The molecule has 0 aliphatic carbocycles. The SMILES string of the molecule is [B]c1cc(-c2cnn(C3CCN(C)CC3)c2)cnc1N. The van der Waals surface area contributed by atoms with E-state index in [0.717, 1.165) is 37.1 Å². The number of rotatable bonds is 2. The maximum absolute atomic E-state index is 5.80. The maximum atomic E-state index is 5.80. The average Bonchev–Trinajstić information content (AvgIpc) is 2.92. The molecule has 20 heavy (non-hydrogen) atoms. The Morgan fingerprint density at radius 2 is 2.00 bits per heavy atom. The van der Waals surface area contributed by atoms with E-state index in [1.165, 1.54) is 0 Å². The smallest absolute Gasteiger partial charge is 0.119 e. The van der Waals surface area contributed by atoms with Gasteiger partial charge in [-0.1, -0.05) is 11.5 Å². The average molecular weight is 267 g/mol. The highest BCUT2D eigenvalue weighted by Gasteiger charge is 2.19. The molecule has 1 aliphatic heterocycles. The fraction of sp³-hybridized carbons (Fsp3) is 0.429. The first-order valence-electron chi connectivity index (χ1n) is 6.87. The standard InChI is InChI=1S/C14H18BN5/c1-19-4-2-12(3-5-19)20-9-11(8-18-20)10-6-13(15)14(16)17-7-10/h6-9,12H,2-5H2,1H3,(H2,16,17). The Kier molecular flexibility index (Phi) is 3.48. The van der Waals surface area contributed by atoms with E-state index >= 15 is 0 Å². The topological polar surface area (TPSA) is 60.0 Å². The third kappa shape index (κ3) is 2.56. The van der Waals surface area contributed by atoms with Crippen LogP contribution in [0.4, 0.5) is 5.82 Å². The summed E-state index contributed by atoms with van der Waals surface area (Å²) < 4.78 is 2.06. The van der Waals surface area contributed by atoms with Crippen molar-refractivity contribution in [2.45, 2.75) is 18.9 Å². The van der Waals surface area contributed by atoms with Crippen molar-refractivity contribution >= 4 is 19.1 Å². The predicted molar refractivity (Wildman–Crippen MR) is 81.0 cm³/mol. The van der Waals surface area contributed by atoms with Crippen LogP contribution in [0.3, 0.4) is 0 Å². The quantitative estimate of drug-likeness (QED) is 0.809. The Labute approximate surface area is 120 Å². The van der Waals surface area contributed by atoms with Crippen molar-refractivity contribution in [3.63, 3.8) is 0 Å². The number of anilines is 1. The molecule has 0 amide bonds. The van der Waals surface area contributed by atoms with Gasteiger partial charge in [0.25, 0.3) is 0 Å². The molecule has 0 unspecified atom stereocenters. The normalized spacial score (nSPS) is 17.4. The largest absolute Gasteiger partial charge is 0.384 e. The van der Waals surface area contributed by atoms with E-state index < -0.39 is 0 Å². The van der Waals surface area contributed by atoms with Crippen LogP contribution in [-0.2, 0) is 0 Å². The lowest BCUT2D eigenvalue weighted by atomic mass is 9.94. The van der Waals surface area contributed by atoms with Crippen molar-refractivity contribution in [2.75, 3.05) is 25.9 Å². The zero-order valence-electron chi connectivity index (χ0n) is 11.7. The highest BCUT2D eigenvalue weighted by Crippen LogP contribution is 2.24. The molecule has 0 bridgehead atoms. The minimum atomic E-state index is 0.372. The Balaban J connectivity index is 1.81. The Bertz CT molecular complexity index is 601. The second-order valence-electron chi connectivity index (χ2n) is 5.44. The highest BCUT2D eigenvalue weighted by molar-refractivity contribution is 6.35. The van der Waals surface area contributed by atoms with Crippen molar-refractivity contribution in [3.05, 3.63) is 24.7 Å². The molecule has 2 aromatic rings. The van der Waals surface area contributed by atoms with Gasteiger partial charge >= 0.3 is 0 Å². The van der Waals surface area contributed by atoms with Crippen LogP contribution >= 0.6 is 0 Å². The summed E-state index contributed by atoms with van der Waals surface area (Å²) >= 11 is 0. The zero-order chi connectivity index (χ0) is 14.1. The first-order chi connectivity index (χ1) is 9.63. The van der Waals surface area contributed by atoms with Crippen LogP contribution in [0.1, 0.15) is 18.9 Å². The van der Waals surface area contributed by atoms with Crippen molar-refractivity contribution < 1.29 is 0 Å². The van der Waals surface area contributed by atoms with Crippen LogP contribution in [0.5, 0.6) is 0 Å². The van der Waals surface area contributed by atoms with Crippen molar-refractivity contribution in [2.24, 2.45) is 0 Å². The second-order valence-corrected chi connectivity index (χ2v) is 5.44. The Morgan fingerprint density at radius 3 is 2.70 bits per heavy atom. The van der Waals surface area contributed by atoms with Crippen LogP contribution in [-0.4, -0.2) is 47.6 Å². The zero-order valence-corrected chi connectivity index (χ0v) is 11.7. The van der Waals surface area contributed by atoms with E-state index in [-0.39, 0.29) is 0 Å². The van der Waals surface area contributed by atoms with Gasteiger partial charge in [-0.15, -0.1) is 0 Å². The van der Waals surface area contributed by atoms with Gasteiger partial charge in [0, 0.05) is 23.5 Å². The molecular weight excluding hydrogens is 249 g/mol. The Morgan fingerprint density at radius 1 is 1.25 bits per heavy atom. The molecule has 0 atom stereocenters. The molecule has 2 aromatic heterocycles. The molecule has 2 N–H and O–H groups in total. The summed E-state index contributed by atoms with van der Waals surface area (Å²) in [6, 6.07) is 2.33. The molecule has 0 aromatic carbocycles. The summed E-state index contributed by atoms with van der Waals surface area (Å²) in [7, 11) is 7.96. The van der Waals surface area contributed by atoms with Gasteiger partial charge in [0.2, 0.25) is 0 Å². The molecule has 6 heteroatoms. The van der Waals surface area contributed by atoms with Gasteiger partial charge in [0.1, 0.15) is 13.7 Å². The van der Waals surface area contributed by atoms with Crippen LogP contribution in [0, 0.1) is 0 Å². The number of hydrogen-bond donors (Lipinski definition) is 1. The lowest BCUT2D eigenvalue weighted by Crippen LogP contribution is -2.31. The lowest BCUT2D eigenvalue weighted by molar-refractivity contribution is 0.212. The fourth-order valence-electron chi connectivity index (χ4n) is 2.60. The first kappa shape index (κ1) is 13.2. The third-order valence-electron chi connectivity index (χ3n) is 3.95. The molecule has 3 rings (SSSR count). The summed E-state index contributed by atoms with van der Waals surface area (Å²) in [4.78, 5) is 6.45. The van der Waals surface area contributed by atoms with E-state index in [1.54, 1.807) is 6.20 Å². The number of aromatic nitrogens is 3. The van der Waals surface area contributed by atoms with Gasteiger partial charge in [0.05, 0.1) is 12.2 Å². The molecule has 1 fully saturated rings. The van der Waals surface area contributed by atoms with Crippen molar-refractivity contribution in [1.29, 1.82) is 0 Å². The highest BCUT2D eigenvalue weighted by atomic mass is 15.3. The summed E-state index contributed by atoms with van der Waals surface area (Å²) in [5.41, 5.74) is 8.13. The molecule has 2 radical (unpaired) electrons. The molecule has 0 spiro atoms. The maximum Gasteiger partial charge on any atom is 0.119 e. The summed E-state index contributed by atoms with van der Waals surface area (Å²) in [6.45, 7) is 2.24. The molecule has 102 valence electrons. The molecule has 5 nitrogen and oxygen atoms in total. The number of piperidine rings is 1. The molecule has 3 heterocycles. The number of likely N-dealkylation sites (tertiary alicyclic amines) is 1. The van der Waals surface area contributed by atoms with Gasteiger partial charge in [-0.25, -0.2) is 4.98 Å². The molecule has 0 saturated carbocycles. The fourth-order valence-corrected chi connectivity index (χ4v) is 2.60.